The molecule has 5 nitrogen and oxygen atoms in total. The molecule has 0 fully saturated rings. The van der Waals surface area contributed by atoms with Crippen LogP contribution in [0.2, 0.25) is 0 Å². The van der Waals surface area contributed by atoms with Crippen molar-refractivity contribution >= 4 is 27.3 Å². The van der Waals surface area contributed by atoms with Gasteiger partial charge in [-0.25, -0.2) is 12.8 Å². The number of anilines is 2. The van der Waals surface area contributed by atoms with E-state index < -0.39 is 21.4 Å². The van der Waals surface area contributed by atoms with Crippen molar-refractivity contribution in [3.05, 3.63) is 58.7 Å². The van der Waals surface area contributed by atoms with E-state index in [0.717, 1.165) is 0 Å². The number of carbonyl (C=O) groups excluding carboxylic acids is 1. The van der Waals surface area contributed by atoms with Crippen LogP contribution >= 0.6 is 0 Å². The minimum Gasteiger partial charge on any atom is -0.322 e. The first-order valence-electron chi connectivity index (χ1n) is 8.54. The molecule has 1 amide bonds. The van der Waals surface area contributed by atoms with Crippen LogP contribution < -0.4 is 10.0 Å². The highest BCUT2D eigenvalue weighted by molar-refractivity contribution is 7.94. The Bertz CT molecular complexity index is 946. The number of alkyl halides is 1. The van der Waals surface area contributed by atoms with Crippen LogP contribution in [-0.4, -0.2) is 19.1 Å². The molecule has 2 rings (SSSR count). The molecule has 2 aromatic rings. The summed E-state index contributed by atoms with van der Waals surface area (Å²) in [6, 6.07) is 9.80. The van der Waals surface area contributed by atoms with E-state index >= 15 is 0 Å². The Hall–Kier alpha value is -2.41. The number of nitrogens with one attached hydrogen (secondary N) is 2. The molecule has 0 saturated carbocycles. The molecular formula is C20H25FN2O3S. The molecule has 0 unspecified atom stereocenters. The van der Waals surface area contributed by atoms with Crippen molar-refractivity contribution in [1.82, 2.24) is 0 Å². The molecule has 0 heterocycles. The van der Waals surface area contributed by atoms with Crippen LogP contribution in [0.1, 0.15) is 47.8 Å². The van der Waals surface area contributed by atoms with Gasteiger partial charge < -0.3 is 5.32 Å². The van der Waals surface area contributed by atoms with Gasteiger partial charge in [-0.2, -0.15) is 0 Å². The van der Waals surface area contributed by atoms with Gasteiger partial charge in [0.25, 0.3) is 5.91 Å². The van der Waals surface area contributed by atoms with Gasteiger partial charge in [-0.15, -0.1) is 0 Å². The van der Waals surface area contributed by atoms with Crippen LogP contribution in [-0.2, 0) is 16.7 Å². The van der Waals surface area contributed by atoms with Crippen molar-refractivity contribution < 1.29 is 17.6 Å². The number of carbonyl (C=O) groups is 1. The summed E-state index contributed by atoms with van der Waals surface area (Å²) in [5.74, 6) is -0.311. The molecule has 0 saturated heterocycles. The van der Waals surface area contributed by atoms with Gasteiger partial charge in [-0.3, -0.25) is 9.52 Å². The molecule has 0 bridgehead atoms. The smallest absolute Gasteiger partial charge is 0.255 e. The molecule has 0 aliphatic carbocycles. The molecule has 27 heavy (non-hydrogen) atoms. The lowest BCUT2D eigenvalue weighted by atomic mass is 10.0. The van der Waals surface area contributed by atoms with Crippen molar-refractivity contribution in [3.63, 3.8) is 0 Å². The summed E-state index contributed by atoms with van der Waals surface area (Å²) >= 11 is 0. The fourth-order valence-corrected chi connectivity index (χ4v) is 3.16. The van der Waals surface area contributed by atoms with Gasteiger partial charge in [0.1, 0.15) is 6.67 Å². The number of aryl methyl sites for hydroxylation is 2. The van der Waals surface area contributed by atoms with Crippen LogP contribution in [0.5, 0.6) is 0 Å². The third-order valence-electron chi connectivity index (χ3n) is 4.23. The van der Waals surface area contributed by atoms with E-state index in [0.29, 0.717) is 33.6 Å². The number of rotatable bonds is 5. The van der Waals surface area contributed by atoms with Gasteiger partial charge in [0.2, 0.25) is 10.0 Å². The second kappa shape index (κ2) is 7.68. The summed E-state index contributed by atoms with van der Waals surface area (Å²) in [6.45, 7) is 7.79. The molecule has 0 aliphatic heterocycles. The SMILES string of the molecule is Cc1cc(C(=O)Nc2ccc(CF)cc2)c(C)cc1NS(=O)(=O)C(C)(C)C. The highest BCUT2D eigenvalue weighted by Gasteiger charge is 2.29. The standard InChI is InChI=1S/C20H25FN2O3S/c1-13-11-18(23-27(25,26)20(3,4)5)14(2)10-17(13)19(24)22-16-8-6-15(12-21)7-9-16/h6-11,23H,12H2,1-5H3,(H,22,24). The van der Waals surface area contributed by atoms with Gasteiger partial charge in [0.15, 0.2) is 0 Å². The van der Waals surface area contributed by atoms with E-state index in [2.05, 4.69) is 10.0 Å². The molecule has 0 atom stereocenters. The van der Waals surface area contributed by atoms with Crippen molar-refractivity contribution in [2.45, 2.75) is 46.0 Å². The normalized spacial score (nSPS) is 11.9. The highest BCUT2D eigenvalue weighted by Crippen LogP contribution is 2.26. The number of amides is 1. The lowest BCUT2D eigenvalue weighted by molar-refractivity contribution is 0.102. The highest BCUT2D eigenvalue weighted by atomic mass is 32.2. The second-order valence-corrected chi connectivity index (χ2v) is 9.92. The van der Waals surface area contributed by atoms with E-state index in [1.807, 2.05) is 0 Å². The number of halogens is 1. The topological polar surface area (TPSA) is 75.3 Å². The number of hydrogen-bond acceptors (Lipinski definition) is 3. The minimum atomic E-state index is -3.56. The van der Waals surface area contributed by atoms with Crippen LogP contribution in [0.4, 0.5) is 15.8 Å². The van der Waals surface area contributed by atoms with Crippen molar-refractivity contribution in [3.8, 4) is 0 Å². The Balaban J connectivity index is 2.26. The lowest BCUT2D eigenvalue weighted by Gasteiger charge is -2.22. The van der Waals surface area contributed by atoms with E-state index in [1.165, 1.54) is 0 Å². The Labute approximate surface area is 160 Å². The molecule has 0 spiro atoms. The molecular weight excluding hydrogens is 367 g/mol. The molecule has 7 heteroatoms. The second-order valence-electron chi connectivity index (χ2n) is 7.48. The number of benzene rings is 2. The van der Waals surface area contributed by atoms with E-state index in [4.69, 9.17) is 0 Å². The fraction of sp³-hybridized carbons (Fsp3) is 0.350. The summed E-state index contributed by atoms with van der Waals surface area (Å²) in [7, 11) is -3.56. The minimum absolute atomic E-state index is 0.311. The zero-order valence-electron chi connectivity index (χ0n) is 16.2. The first-order chi connectivity index (χ1) is 12.4. The number of hydrogen-bond donors (Lipinski definition) is 2. The Morgan fingerprint density at radius 1 is 1.04 bits per heavy atom. The van der Waals surface area contributed by atoms with Crippen LogP contribution in [0.3, 0.4) is 0 Å². The van der Waals surface area contributed by atoms with Gasteiger partial charge in [0.05, 0.1) is 10.4 Å². The van der Waals surface area contributed by atoms with Gasteiger partial charge in [0, 0.05) is 11.3 Å². The lowest BCUT2D eigenvalue weighted by Crippen LogP contribution is -2.34. The predicted octanol–water partition coefficient (Wildman–Crippen LogP) is 4.57. The van der Waals surface area contributed by atoms with Gasteiger partial charge >= 0.3 is 0 Å². The molecule has 2 aromatic carbocycles. The Morgan fingerprint density at radius 3 is 2.15 bits per heavy atom. The summed E-state index contributed by atoms with van der Waals surface area (Å²) in [4.78, 5) is 12.6. The first-order valence-corrected chi connectivity index (χ1v) is 10.0. The van der Waals surface area contributed by atoms with Gasteiger partial charge in [-0.1, -0.05) is 12.1 Å². The summed E-state index contributed by atoms with van der Waals surface area (Å²) in [6.07, 6.45) is 0. The fourth-order valence-electron chi connectivity index (χ4n) is 2.34. The monoisotopic (exact) mass is 392 g/mol. The average molecular weight is 392 g/mol. The van der Waals surface area contributed by atoms with Crippen LogP contribution in [0.15, 0.2) is 36.4 Å². The zero-order chi connectivity index (χ0) is 20.4. The molecule has 0 aliphatic rings. The third-order valence-corrected chi connectivity index (χ3v) is 6.33. The average Bonchev–Trinajstić information content (AvgIpc) is 2.57. The zero-order valence-corrected chi connectivity index (χ0v) is 17.0. The van der Waals surface area contributed by atoms with Crippen molar-refractivity contribution in [2.75, 3.05) is 10.0 Å². The molecule has 0 radical (unpaired) electrons. The summed E-state index contributed by atoms with van der Waals surface area (Å²) in [5.41, 5.74) is 3.28. The quantitative estimate of drug-likeness (QED) is 0.783. The van der Waals surface area contributed by atoms with Gasteiger partial charge in [-0.05, 0) is 75.6 Å². The maximum absolute atomic E-state index is 12.6. The molecule has 0 aromatic heterocycles. The van der Waals surface area contributed by atoms with Crippen LogP contribution in [0, 0.1) is 13.8 Å². The molecule has 2 N–H and O–H groups in total. The summed E-state index contributed by atoms with van der Waals surface area (Å²) < 4.78 is 39.0. The van der Waals surface area contributed by atoms with E-state index in [-0.39, 0.29) is 5.91 Å². The van der Waals surface area contributed by atoms with Crippen molar-refractivity contribution in [1.29, 1.82) is 0 Å². The first kappa shape index (κ1) is 20.9. The maximum Gasteiger partial charge on any atom is 0.255 e. The number of sulfonamides is 1. The maximum atomic E-state index is 12.6. The predicted molar refractivity (Wildman–Crippen MR) is 107 cm³/mol. The summed E-state index contributed by atoms with van der Waals surface area (Å²) in [5, 5.41) is 2.77. The largest absolute Gasteiger partial charge is 0.322 e. The molecule has 146 valence electrons. The van der Waals surface area contributed by atoms with E-state index in [1.54, 1.807) is 71.0 Å². The third kappa shape index (κ3) is 4.86. The Morgan fingerprint density at radius 2 is 1.63 bits per heavy atom. The van der Waals surface area contributed by atoms with Crippen LogP contribution in [0.25, 0.3) is 0 Å². The Kier molecular flexibility index (Phi) is 5.94. The van der Waals surface area contributed by atoms with E-state index in [9.17, 15) is 17.6 Å². The van der Waals surface area contributed by atoms with Crippen molar-refractivity contribution in [2.24, 2.45) is 0 Å².